The molecule has 0 aliphatic carbocycles. The van der Waals surface area contributed by atoms with Crippen molar-refractivity contribution in [2.75, 3.05) is 6.61 Å². The largest absolute Gasteiger partial charge is 0.493 e. The van der Waals surface area contributed by atoms with E-state index in [9.17, 15) is 4.79 Å². The number of carbonyl (C=O) groups is 1. The highest BCUT2D eigenvalue weighted by Gasteiger charge is 2.18. The van der Waals surface area contributed by atoms with Gasteiger partial charge in [0.05, 0.1) is 6.61 Å². The zero-order valence-electron chi connectivity index (χ0n) is 8.12. The molecule has 4 heteroatoms. The average molecular weight is 227 g/mol. The summed E-state index contributed by atoms with van der Waals surface area (Å²) in [5.74, 6) is 0.0439. The van der Waals surface area contributed by atoms with Crippen LogP contribution in [0.4, 0.5) is 0 Å². The molecule has 15 heavy (non-hydrogen) atoms. The maximum Gasteiger partial charge on any atom is 0.303 e. The summed E-state index contributed by atoms with van der Waals surface area (Å²) in [6, 6.07) is 3.61. The fourth-order valence-electron chi connectivity index (χ4n) is 1.82. The number of carboxylic acids is 1. The lowest BCUT2D eigenvalue weighted by Gasteiger charge is -2.07. The molecule has 0 aromatic heterocycles. The Kier molecular flexibility index (Phi) is 2.82. The van der Waals surface area contributed by atoms with E-state index in [1.807, 2.05) is 6.07 Å². The first-order valence-electron chi connectivity index (χ1n) is 4.83. The SMILES string of the molecule is O=C(O)CCc1c(Cl)ccc2c1CCO2. The summed E-state index contributed by atoms with van der Waals surface area (Å²) in [4.78, 5) is 10.5. The Hall–Kier alpha value is -1.22. The molecule has 1 aromatic carbocycles. The molecule has 0 amide bonds. The van der Waals surface area contributed by atoms with E-state index in [2.05, 4.69) is 0 Å². The lowest BCUT2D eigenvalue weighted by atomic mass is 10.0. The van der Waals surface area contributed by atoms with Crippen molar-refractivity contribution < 1.29 is 14.6 Å². The first-order valence-corrected chi connectivity index (χ1v) is 5.21. The number of carboxylic acid groups (broad SMARTS) is 1. The second kappa shape index (κ2) is 4.11. The number of benzene rings is 1. The molecular formula is C11H11ClO3. The van der Waals surface area contributed by atoms with Crippen LogP contribution in [0.3, 0.4) is 0 Å². The van der Waals surface area contributed by atoms with Crippen LogP contribution in [0, 0.1) is 0 Å². The lowest BCUT2D eigenvalue weighted by Crippen LogP contribution is -2.00. The number of ether oxygens (including phenoxy) is 1. The molecule has 80 valence electrons. The highest BCUT2D eigenvalue weighted by molar-refractivity contribution is 6.31. The minimum absolute atomic E-state index is 0.107. The van der Waals surface area contributed by atoms with Gasteiger partial charge in [-0.15, -0.1) is 0 Å². The van der Waals surface area contributed by atoms with Crippen LogP contribution in [0.25, 0.3) is 0 Å². The molecule has 0 bridgehead atoms. The van der Waals surface area contributed by atoms with Gasteiger partial charge in [0.15, 0.2) is 0 Å². The molecule has 1 aliphatic heterocycles. The van der Waals surface area contributed by atoms with Crippen molar-refractivity contribution in [1.82, 2.24) is 0 Å². The number of hydrogen-bond acceptors (Lipinski definition) is 2. The van der Waals surface area contributed by atoms with E-state index in [0.717, 1.165) is 23.3 Å². The van der Waals surface area contributed by atoms with Crippen molar-refractivity contribution in [3.63, 3.8) is 0 Å². The highest BCUT2D eigenvalue weighted by atomic mass is 35.5. The van der Waals surface area contributed by atoms with Crippen LogP contribution < -0.4 is 4.74 Å². The molecule has 0 spiro atoms. The highest BCUT2D eigenvalue weighted by Crippen LogP contribution is 2.33. The fraction of sp³-hybridized carbons (Fsp3) is 0.364. The summed E-state index contributed by atoms with van der Waals surface area (Å²) in [6.45, 7) is 0.662. The normalized spacial score (nSPS) is 13.4. The second-order valence-corrected chi connectivity index (χ2v) is 3.90. The van der Waals surface area contributed by atoms with Gasteiger partial charge in [-0.3, -0.25) is 4.79 Å². The van der Waals surface area contributed by atoms with Gasteiger partial charge in [-0.2, -0.15) is 0 Å². The fourth-order valence-corrected chi connectivity index (χ4v) is 2.09. The lowest BCUT2D eigenvalue weighted by molar-refractivity contribution is -0.136. The molecule has 2 rings (SSSR count). The Balaban J connectivity index is 2.28. The van der Waals surface area contributed by atoms with Crippen LogP contribution >= 0.6 is 11.6 Å². The maximum atomic E-state index is 10.5. The number of rotatable bonds is 3. The van der Waals surface area contributed by atoms with Gasteiger partial charge in [0.25, 0.3) is 0 Å². The van der Waals surface area contributed by atoms with E-state index in [1.54, 1.807) is 6.07 Å². The molecule has 0 atom stereocenters. The van der Waals surface area contributed by atoms with Crippen LogP contribution in [0.15, 0.2) is 12.1 Å². The summed E-state index contributed by atoms with van der Waals surface area (Å²) in [5.41, 5.74) is 2.00. The summed E-state index contributed by atoms with van der Waals surface area (Å²) < 4.78 is 5.39. The Morgan fingerprint density at radius 2 is 2.33 bits per heavy atom. The molecule has 0 fully saturated rings. The van der Waals surface area contributed by atoms with E-state index < -0.39 is 5.97 Å². The minimum atomic E-state index is -0.803. The topological polar surface area (TPSA) is 46.5 Å². The van der Waals surface area contributed by atoms with Crippen molar-refractivity contribution in [1.29, 1.82) is 0 Å². The molecular weight excluding hydrogens is 216 g/mol. The number of hydrogen-bond donors (Lipinski definition) is 1. The third-order valence-electron chi connectivity index (χ3n) is 2.53. The van der Waals surface area contributed by atoms with E-state index >= 15 is 0 Å². The predicted octanol–water partition coefficient (Wildman–Crippen LogP) is 2.29. The Morgan fingerprint density at radius 1 is 1.53 bits per heavy atom. The predicted molar refractivity (Wildman–Crippen MR) is 56.6 cm³/mol. The van der Waals surface area contributed by atoms with E-state index in [4.69, 9.17) is 21.4 Å². The molecule has 1 heterocycles. The summed E-state index contributed by atoms with van der Waals surface area (Å²) in [5, 5.41) is 9.28. The van der Waals surface area contributed by atoms with Gasteiger partial charge < -0.3 is 9.84 Å². The van der Waals surface area contributed by atoms with Gasteiger partial charge in [0, 0.05) is 23.4 Å². The Bertz CT molecular complexity index is 401. The molecule has 0 saturated heterocycles. The molecule has 0 radical (unpaired) electrons. The van der Waals surface area contributed by atoms with Crippen molar-refractivity contribution >= 4 is 17.6 Å². The van der Waals surface area contributed by atoms with Gasteiger partial charge in [-0.05, 0) is 24.1 Å². The number of halogens is 1. The Labute approximate surface area is 92.6 Å². The van der Waals surface area contributed by atoms with Crippen molar-refractivity contribution in [3.8, 4) is 5.75 Å². The van der Waals surface area contributed by atoms with E-state index in [-0.39, 0.29) is 6.42 Å². The first kappa shape index (κ1) is 10.3. The zero-order valence-corrected chi connectivity index (χ0v) is 8.88. The molecule has 1 aromatic rings. The third-order valence-corrected chi connectivity index (χ3v) is 2.88. The Morgan fingerprint density at radius 3 is 3.07 bits per heavy atom. The van der Waals surface area contributed by atoms with Crippen molar-refractivity contribution in [2.45, 2.75) is 19.3 Å². The van der Waals surface area contributed by atoms with Crippen LogP contribution in [-0.2, 0) is 17.6 Å². The van der Waals surface area contributed by atoms with Gasteiger partial charge >= 0.3 is 5.97 Å². The maximum absolute atomic E-state index is 10.5. The van der Waals surface area contributed by atoms with Gasteiger partial charge in [-0.1, -0.05) is 11.6 Å². The monoisotopic (exact) mass is 226 g/mol. The molecule has 1 N–H and O–H groups in total. The van der Waals surface area contributed by atoms with Crippen molar-refractivity contribution in [3.05, 3.63) is 28.3 Å². The number of aliphatic carboxylic acids is 1. The van der Waals surface area contributed by atoms with Gasteiger partial charge in [-0.25, -0.2) is 0 Å². The van der Waals surface area contributed by atoms with Crippen LogP contribution in [-0.4, -0.2) is 17.7 Å². The molecule has 0 unspecified atom stereocenters. The first-order chi connectivity index (χ1) is 7.18. The second-order valence-electron chi connectivity index (χ2n) is 3.49. The smallest absolute Gasteiger partial charge is 0.303 e. The molecule has 0 saturated carbocycles. The third kappa shape index (κ3) is 2.07. The number of fused-ring (bicyclic) bond motifs is 1. The minimum Gasteiger partial charge on any atom is -0.493 e. The summed E-state index contributed by atoms with van der Waals surface area (Å²) in [7, 11) is 0. The average Bonchev–Trinajstić information content (AvgIpc) is 2.63. The van der Waals surface area contributed by atoms with Gasteiger partial charge in [0.2, 0.25) is 0 Å². The van der Waals surface area contributed by atoms with Crippen LogP contribution in [0.1, 0.15) is 17.5 Å². The molecule has 3 nitrogen and oxygen atoms in total. The van der Waals surface area contributed by atoms with Crippen LogP contribution in [0.5, 0.6) is 5.75 Å². The summed E-state index contributed by atoms with van der Waals surface area (Å²) in [6.07, 6.45) is 1.40. The van der Waals surface area contributed by atoms with Crippen LogP contribution in [0.2, 0.25) is 5.02 Å². The van der Waals surface area contributed by atoms with Crippen molar-refractivity contribution in [2.24, 2.45) is 0 Å². The quantitative estimate of drug-likeness (QED) is 0.860. The standard InChI is InChI=1S/C11H11ClO3/c12-9-2-3-10-8(5-6-15-10)7(9)1-4-11(13)14/h2-3H,1,4-6H2,(H,13,14). The summed E-state index contributed by atoms with van der Waals surface area (Å²) >= 11 is 6.04. The van der Waals surface area contributed by atoms with Gasteiger partial charge in [0.1, 0.15) is 5.75 Å². The molecule has 1 aliphatic rings. The van der Waals surface area contributed by atoms with E-state index in [0.29, 0.717) is 18.1 Å². The van der Waals surface area contributed by atoms with E-state index in [1.165, 1.54) is 0 Å². The zero-order chi connectivity index (χ0) is 10.8.